The maximum absolute atomic E-state index is 12.9. The van der Waals surface area contributed by atoms with Crippen molar-refractivity contribution in [2.24, 2.45) is 0 Å². The molecule has 1 fully saturated rings. The van der Waals surface area contributed by atoms with Crippen molar-refractivity contribution in [3.63, 3.8) is 0 Å². The number of hydrogen-bond acceptors (Lipinski definition) is 5. The van der Waals surface area contributed by atoms with E-state index in [2.05, 4.69) is 40.2 Å². The van der Waals surface area contributed by atoms with Crippen molar-refractivity contribution in [3.8, 4) is 5.75 Å². The van der Waals surface area contributed by atoms with Gasteiger partial charge in [0.2, 0.25) is 0 Å². The zero-order valence-corrected chi connectivity index (χ0v) is 21.4. The van der Waals surface area contributed by atoms with Gasteiger partial charge in [-0.2, -0.15) is 0 Å². The maximum atomic E-state index is 12.9. The van der Waals surface area contributed by atoms with E-state index in [1.165, 1.54) is 37.7 Å². The zero-order valence-electron chi connectivity index (χ0n) is 21.4. The molecule has 6 nitrogen and oxygen atoms in total. The van der Waals surface area contributed by atoms with E-state index in [1.54, 1.807) is 19.2 Å². The van der Waals surface area contributed by atoms with Crippen LogP contribution in [0.25, 0.3) is 5.57 Å². The number of anilines is 1. The Morgan fingerprint density at radius 3 is 2.49 bits per heavy atom. The fraction of sp³-hybridized carbons (Fsp3) is 0.258. The van der Waals surface area contributed by atoms with Crippen LogP contribution in [0.1, 0.15) is 65.1 Å². The van der Waals surface area contributed by atoms with Gasteiger partial charge in [-0.25, -0.2) is 5.43 Å². The Labute approximate surface area is 219 Å². The number of carbonyl (C=O) groups is 1. The second-order valence-corrected chi connectivity index (χ2v) is 9.44. The van der Waals surface area contributed by atoms with Crippen LogP contribution in [0.2, 0.25) is 0 Å². The third-order valence-electron chi connectivity index (χ3n) is 6.75. The van der Waals surface area contributed by atoms with Gasteiger partial charge in [0.05, 0.1) is 0 Å². The molecular weight excluding hydrogens is 460 g/mol. The van der Waals surface area contributed by atoms with Gasteiger partial charge in [0, 0.05) is 30.4 Å². The van der Waals surface area contributed by atoms with Gasteiger partial charge in [0.25, 0.3) is 5.91 Å². The lowest BCUT2D eigenvalue weighted by atomic mass is 9.84. The molecular formula is C31H36N4O2. The van der Waals surface area contributed by atoms with E-state index in [-0.39, 0.29) is 11.7 Å². The smallest absolute Gasteiger partial charge is 0.255 e. The molecule has 5 N–H and O–H groups in total. The first-order valence-corrected chi connectivity index (χ1v) is 12.9. The second-order valence-electron chi connectivity index (χ2n) is 9.44. The number of phenolic OH excluding ortho intramolecular Hbond substituents is 1. The van der Waals surface area contributed by atoms with Crippen LogP contribution in [-0.4, -0.2) is 18.1 Å². The van der Waals surface area contributed by atoms with Crippen molar-refractivity contribution in [2.45, 2.75) is 44.6 Å². The van der Waals surface area contributed by atoms with Crippen LogP contribution >= 0.6 is 0 Å². The molecule has 3 aromatic carbocycles. The molecule has 0 saturated heterocycles. The molecule has 1 amide bonds. The summed E-state index contributed by atoms with van der Waals surface area (Å²) in [5, 5.41) is 16.5. The van der Waals surface area contributed by atoms with Gasteiger partial charge in [-0.05, 0) is 71.9 Å². The summed E-state index contributed by atoms with van der Waals surface area (Å²) in [6.07, 6.45) is 8.25. The third-order valence-corrected chi connectivity index (χ3v) is 6.75. The number of hydrazine groups is 1. The molecule has 0 atom stereocenters. The predicted molar refractivity (Wildman–Crippen MR) is 151 cm³/mol. The molecule has 6 heteroatoms. The van der Waals surface area contributed by atoms with E-state index in [9.17, 15) is 9.90 Å². The van der Waals surface area contributed by atoms with Crippen molar-refractivity contribution < 1.29 is 9.90 Å². The van der Waals surface area contributed by atoms with E-state index in [1.807, 2.05) is 54.6 Å². The lowest BCUT2D eigenvalue weighted by molar-refractivity contribution is 0.102. The van der Waals surface area contributed by atoms with Crippen LogP contribution in [0, 0.1) is 0 Å². The van der Waals surface area contributed by atoms with Gasteiger partial charge in [-0.1, -0.05) is 68.3 Å². The molecule has 0 heterocycles. The first kappa shape index (κ1) is 26.0. The van der Waals surface area contributed by atoms with Gasteiger partial charge < -0.3 is 21.2 Å². The molecule has 1 saturated carbocycles. The standard InChI is InChI=1S/C31H36N4O2/c1-22(28-13-6-7-14-29(28)36)19-30(35-32-2)33-21-23-9-8-12-27(20-23)34-31(37)26-17-15-25(16-18-26)24-10-4-3-5-11-24/h6-9,12-20,24,32-33,35-36H,1,3-5,10-11,21H2,2H3,(H,34,37)/b30-19-. The Morgan fingerprint density at radius 2 is 1.76 bits per heavy atom. The number of hydrogen-bond donors (Lipinski definition) is 5. The lowest BCUT2D eigenvalue weighted by Crippen LogP contribution is -2.34. The van der Waals surface area contributed by atoms with Gasteiger partial charge >= 0.3 is 0 Å². The van der Waals surface area contributed by atoms with E-state index in [0.29, 0.717) is 35.0 Å². The summed E-state index contributed by atoms with van der Waals surface area (Å²) < 4.78 is 0. The largest absolute Gasteiger partial charge is 0.507 e. The number of benzene rings is 3. The summed E-state index contributed by atoms with van der Waals surface area (Å²) in [5.74, 6) is 1.39. The highest BCUT2D eigenvalue weighted by atomic mass is 16.3. The molecule has 0 unspecified atom stereocenters. The molecule has 1 aliphatic carbocycles. The van der Waals surface area contributed by atoms with Crippen molar-refractivity contribution >= 4 is 17.2 Å². The average Bonchev–Trinajstić information content (AvgIpc) is 2.93. The number of nitrogens with one attached hydrogen (secondary N) is 4. The first-order valence-electron chi connectivity index (χ1n) is 12.9. The fourth-order valence-corrected chi connectivity index (χ4v) is 4.77. The SMILES string of the molecule is C=C(/C=C(/NCc1cccc(NC(=O)c2ccc(C3CCCCC3)cc2)c1)NNC)c1ccccc1O. The molecule has 37 heavy (non-hydrogen) atoms. The minimum absolute atomic E-state index is 0.114. The third kappa shape index (κ3) is 7.24. The van der Waals surface area contributed by atoms with Crippen molar-refractivity contribution in [2.75, 3.05) is 12.4 Å². The summed E-state index contributed by atoms with van der Waals surface area (Å²) in [7, 11) is 1.77. The predicted octanol–water partition coefficient (Wildman–Crippen LogP) is 6.06. The molecule has 0 spiro atoms. The minimum atomic E-state index is -0.114. The van der Waals surface area contributed by atoms with Crippen molar-refractivity contribution in [3.05, 3.63) is 114 Å². The highest BCUT2D eigenvalue weighted by Crippen LogP contribution is 2.32. The van der Waals surface area contributed by atoms with Crippen LogP contribution in [0.5, 0.6) is 5.75 Å². The molecule has 1 aliphatic rings. The first-order chi connectivity index (χ1) is 18.0. The molecule has 4 rings (SSSR count). The minimum Gasteiger partial charge on any atom is -0.507 e. The van der Waals surface area contributed by atoms with Gasteiger partial charge in [-0.15, -0.1) is 0 Å². The summed E-state index contributed by atoms with van der Waals surface area (Å²) in [6, 6.07) is 22.9. The number of allylic oxidation sites excluding steroid dienone is 2. The van der Waals surface area contributed by atoms with E-state index < -0.39 is 0 Å². The molecule has 0 radical (unpaired) electrons. The second kappa shape index (κ2) is 12.8. The van der Waals surface area contributed by atoms with Gasteiger partial charge in [-0.3, -0.25) is 4.79 Å². The summed E-state index contributed by atoms with van der Waals surface area (Å²) in [6.45, 7) is 4.60. The molecule has 3 aromatic rings. The number of phenols is 1. The van der Waals surface area contributed by atoms with Crippen LogP contribution in [0.3, 0.4) is 0 Å². The van der Waals surface area contributed by atoms with Crippen LogP contribution < -0.4 is 21.5 Å². The van der Waals surface area contributed by atoms with Gasteiger partial charge in [0.1, 0.15) is 11.6 Å². The summed E-state index contributed by atoms with van der Waals surface area (Å²) in [4.78, 5) is 12.9. The monoisotopic (exact) mass is 496 g/mol. The highest BCUT2D eigenvalue weighted by molar-refractivity contribution is 6.04. The zero-order chi connectivity index (χ0) is 26.0. The Morgan fingerprint density at radius 1 is 1.00 bits per heavy atom. The lowest BCUT2D eigenvalue weighted by Gasteiger charge is -2.22. The fourth-order valence-electron chi connectivity index (χ4n) is 4.77. The molecule has 0 aliphatic heterocycles. The highest BCUT2D eigenvalue weighted by Gasteiger charge is 2.16. The normalized spacial score (nSPS) is 14.1. The van der Waals surface area contributed by atoms with E-state index in [4.69, 9.17) is 0 Å². The summed E-state index contributed by atoms with van der Waals surface area (Å²) >= 11 is 0. The molecule has 0 aromatic heterocycles. The van der Waals surface area contributed by atoms with E-state index >= 15 is 0 Å². The Bertz CT molecular complexity index is 1240. The van der Waals surface area contributed by atoms with Crippen LogP contribution in [0.15, 0.2) is 91.3 Å². The van der Waals surface area contributed by atoms with Gasteiger partial charge in [0.15, 0.2) is 0 Å². The van der Waals surface area contributed by atoms with Crippen molar-refractivity contribution in [1.82, 2.24) is 16.2 Å². The van der Waals surface area contributed by atoms with Crippen LogP contribution in [0.4, 0.5) is 5.69 Å². The quantitative estimate of drug-likeness (QED) is 0.174. The topological polar surface area (TPSA) is 85.4 Å². The van der Waals surface area contributed by atoms with Crippen molar-refractivity contribution in [1.29, 1.82) is 0 Å². The Balaban J connectivity index is 1.37. The number of carbonyl (C=O) groups excluding carboxylic acids is 1. The number of amides is 1. The Hall–Kier alpha value is -4.03. The maximum Gasteiger partial charge on any atom is 0.255 e. The molecule has 0 bridgehead atoms. The number of para-hydroxylation sites is 1. The summed E-state index contributed by atoms with van der Waals surface area (Å²) in [5.41, 5.74) is 11.0. The van der Waals surface area contributed by atoms with Crippen LogP contribution in [-0.2, 0) is 6.54 Å². The van der Waals surface area contributed by atoms with E-state index in [0.717, 1.165) is 11.3 Å². The number of aromatic hydroxyl groups is 1. The number of rotatable bonds is 10. The Kier molecular flexibility index (Phi) is 9.00. The average molecular weight is 497 g/mol. The molecule has 192 valence electrons.